The predicted molar refractivity (Wildman–Crippen MR) is 110 cm³/mol. The Hall–Kier alpha value is -3.30. The van der Waals surface area contributed by atoms with E-state index in [-0.39, 0.29) is 18.2 Å². The van der Waals surface area contributed by atoms with Gasteiger partial charge in [0.1, 0.15) is 19.4 Å². The maximum absolute atomic E-state index is 12.1. The molecule has 1 N–H and O–H groups in total. The van der Waals surface area contributed by atoms with E-state index < -0.39 is 0 Å². The minimum Gasteiger partial charge on any atom is -0.398 e. The molecule has 2 rings (SSSR count). The molecule has 7 heteroatoms. The van der Waals surface area contributed by atoms with Crippen molar-refractivity contribution >= 4 is 28.9 Å². The second kappa shape index (κ2) is 10.8. The third-order valence-electron chi connectivity index (χ3n) is 3.55. The maximum atomic E-state index is 12.1. The summed E-state index contributed by atoms with van der Waals surface area (Å²) < 4.78 is 0. The number of rotatable bonds is 6. The summed E-state index contributed by atoms with van der Waals surface area (Å²) in [7, 11) is 2.91. The van der Waals surface area contributed by atoms with Crippen LogP contribution in [0.15, 0.2) is 58.8 Å². The Morgan fingerprint density at radius 3 is 2.54 bits per heavy atom. The molecule has 0 atom stereocenters. The number of oxime groups is 2. The second-order valence-corrected chi connectivity index (χ2v) is 6.00. The van der Waals surface area contributed by atoms with Gasteiger partial charge in [-0.05, 0) is 37.1 Å². The maximum Gasteiger partial charge on any atom is 0.273 e. The summed E-state index contributed by atoms with van der Waals surface area (Å²) in [5, 5.41) is 11.0. The molecule has 1 amide bonds. The third-order valence-corrected chi connectivity index (χ3v) is 3.80. The number of hydrogen-bond acceptors (Lipinski definition) is 5. The minimum absolute atomic E-state index is 0.149. The number of benzene rings is 2. The molecule has 0 aliphatic heterocycles. The lowest BCUT2D eigenvalue weighted by Crippen LogP contribution is -2.29. The Labute approximate surface area is 169 Å². The molecule has 144 valence electrons. The first-order valence-corrected chi connectivity index (χ1v) is 8.78. The lowest BCUT2D eigenvalue weighted by molar-refractivity contribution is -0.114. The molecule has 0 fully saturated rings. The van der Waals surface area contributed by atoms with Crippen LogP contribution in [-0.4, -0.2) is 31.5 Å². The highest BCUT2D eigenvalue weighted by Crippen LogP contribution is 2.13. The van der Waals surface area contributed by atoms with E-state index in [1.54, 1.807) is 31.2 Å². The van der Waals surface area contributed by atoms with E-state index in [4.69, 9.17) is 21.3 Å². The first-order valence-electron chi connectivity index (χ1n) is 8.40. The molecule has 0 heterocycles. The summed E-state index contributed by atoms with van der Waals surface area (Å²) in [6.45, 7) is 1.90. The number of nitrogens with zero attached hydrogens (tertiary/aromatic N) is 2. The Bertz CT molecular complexity index is 941. The van der Waals surface area contributed by atoms with Crippen LogP contribution in [0.1, 0.15) is 23.6 Å². The van der Waals surface area contributed by atoms with E-state index in [9.17, 15) is 4.79 Å². The molecule has 6 nitrogen and oxygen atoms in total. The summed E-state index contributed by atoms with van der Waals surface area (Å²) in [5.41, 5.74) is 2.85. The lowest BCUT2D eigenvalue weighted by Gasteiger charge is -2.09. The molecule has 0 saturated carbocycles. The first kappa shape index (κ1) is 21.0. The number of amides is 1. The first-order chi connectivity index (χ1) is 13.5. The van der Waals surface area contributed by atoms with Crippen molar-refractivity contribution in [1.29, 1.82) is 0 Å². The Balaban J connectivity index is 2.11. The van der Waals surface area contributed by atoms with Crippen molar-refractivity contribution in [2.24, 2.45) is 10.3 Å². The fourth-order valence-electron chi connectivity index (χ4n) is 2.22. The quantitative estimate of drug-likeness (QED) is 0.461. The Kier molecular flexibility index (Phi) is 8.07. The van der Waals surface area contributed by atoms with E-state index in [0.717, 1.165) is 11.1 Å². The molecule has 0 bridgehead atoms. The van der Waals surface area contributed by atoms with Gasteiger partial charge in [0, 0.05) is 28.8 Å². The SMILES string of the molecule is CNC(=O)/C(=N/OC)c1ccccc1CO/N=C(\C)C#Cc1ccc(Cl)cc1. The van der Waals surface area contributed by atoms with Crippen LogP contribution in [0.5, 0.6) is 0 Å². The van der Waals surface area contributed by atoms with Gasteiger partial charge in [-0.1, -0.05) is 52.1 Å². The van der Waals surface area contributed by atoms with Crippen molar-refractivity contribution in [2.45, 2.75) is 13.5 Å². The number of carbonyl (C=O) groups is 1. The summed E-state index contributed by atoms with van der Waals surface area (Å²) in [6, 6.07) is 14.4. The van der Waals surface area contributed by atoms with E-state index in [0.29, 0.717) is 16.3 Å². The minimum atomic E-state index is -0.359. The second-order valence-electron chi connectivity index (χ2n) is 5.57. The largest absolute Gasteiger partial charge is 0.398 e. The number of carbonyl (C=O) groups excluding carboxylic acids is 1. The molecule has 0 aliphatic carbocycles. The standard InChI is InChI=1S/C21H20ClN3O3/c1-15(8-9-16-10-12-18(22)13-11-16)24-28-14-17-6-4-5-7-19(17)20(25-27-3)21(26)23-2/h4-7,10-13H,14H2,1-3H3,(H,23,26)/b24-15+,25-20+. The number of hydrogen-bond donors (Lipinski definition) is 1. The Morgan fingerprint density at radius 1 is 1.14 bits per heavy atom. The number of nitrogens with one attached hydrogen (secondary N) is 1. The summed E-state index contributed by atoms with van der Waals surface area (Å²) >= 11 is 5.85. The van der Waals surface area contributed by atoms with Gasteiger partial charge in [0.2, 0.25) is 0 Å². The van der Waals surface area contributed by atoms with Crippen LogP contribution in [0.2, 0.25) is 5.02 Å². The highest BCUT2D eigenvalue weighted by Gasteiger charge is 2.17. The van der Waals surface area contributed by atoms with Gasteiger partial charge in [0.15, 0.2) is 5.71 Å². The van der Waals surface area contributed by atoms with Gasteiger partial charge >= 0.3 is 0 Å². The highest BCUT2D eigenvalue weighted by molar-refractivity contribution is 6.45. The molecule has 0 unspecified atom stereocenters. The molecule has 2 aromatic rings. The van der Waals surface area contributed by atoms with Gasteiger partial charge in [0.05, 0.1) is 0 Å². The van der Waals surface area contributed by atoms with Crippen LogP contribution < -0.4 is 5.32 Å². The van der Waals surface area contributed by atoms with Crippen molar-refractivity contribution in [1.82, 2.24) is 5.32 Å². The zero-order valence-electron chi connectivity index (χ0n) is 15.8. The van der Waals surface area contributed by atoms with Crippen LogP contribution in [0.25, 0.3) is 0 Å². The van der Waals surface area contributed by atoms with Crippen LogP contribution in [-0.2, 0) is 21.1 Å². The van der Waals surface area contributed by atoms with Crippen molar-refractivity contribution in [3.05, 3.63) is 70.2 Å². The summed E-state index contributed by atoms with van der Waals surface area (Å²) in [5.74, 6) is 5.54. The fourth-order valence-corrected chi connectivity index (χ4v) is 2.34. The fraction of sp³-hybridized carbons (Fsp3) is 0.190. The van der Waals surface area contributed by atoms with E-state index >= 15 is 0 Å². The Morgan fingerprint density at radius 2 is 1.86 bits per heavy atom. The van der Waals surface area contributed by atoms with Crippen LogP contribution in [0.4, 0.5) is 0 Å². The predicted octanol–water partition coefficient (Wildman–Crippen LogP) is 3.38. The van der Waals surface area contributed by atoms with Gasteiger partial charge in [-0.2, -0.15) is 0 Å². The van der Waals surface area contributed by atoms with Crippen molar-refractivity contribution in [2.75, 3.05) is 14.2 Å². The zero-order chi connectivity index (χ0) is 20.4. The molecule has 28 heavy (non-hydrogen) atoms. The zero-order valence-corrected chi connectivity index (χ0v) is 16.6. The topological polar surface area (TPSA) is 72.3 Å². The van der Waals surface area contributed by atoms with Gasteiger partial charge in [-0.3, -0.25) is 4.79 Å². The highest BCUT2D eigenvalue weighted by atomic mass is 35.5. The molecular formula is C21H20ClN3O3. The molecule has 0 radical (unpaired) electrons. The van der Waals surface area contributed by atoms with Crippen LogP contribution >= 0.6 is 11.6 Å². The van der Waals surface area contributed by atoms with E-state index in [2.05, 4.69) is 27.5 Å². The van der Waals surface area contributed by atoms with E-state index in [1.165, 1.54) is 14.2 Å². The van der Waals surface area contributed by atoms with Gasteiger partial charge < -0.3 is 15.0 Å². The monoisotopic (exact) mass is 397 g/mol. The molecule has 0 aliphatic rings. The van der Waals surface area contributed by atoms with Crippen molar-refractivity contribution < 1.29 is 14.5 Å². The molecule has 0 saturated heterocycles. The van der Waals surface area contributed by atoms with Crippen LogP contribution in [0, 0.1) is 11.8 Å². The van der Waals surface area contributed by atoms with Crippen molar-refractivity contribution in [3.8, 4) is 11.8 Å². The average Bonchev–Trinajstić information content (AvgIpc) is 2.71. The third kappa shape index (κ3) is 6.15. The van der Waals surface area contributed by atoms with Crippen LogP contribution in [0.3, 0.4) is 0 Å². The van der Waals surface area contributed by atoms with Gasteiger partial charge in [-0.15, -0.1) is 0 Å². The number of likely N-dealkylation sites (N-methyl/N-ethyl adjacent to an activating group) is 1. The summed E-state index contributed by atoms with van der Waals surface area (Å²) in [6.07, 6.45) is 0. The lowest BCUT2D eigenvalue weighted by atomic mass is 10.0. The van der Waals surface area contributed by atoms with Crippen molar-refractivity contribution in [3.63, 3.8) is 0 Å². The molecular weight excluding hydrogens is 378 g/mol. The van der Waals surface area contributed by atoms with Gasteiger partial charge in [-0.25, -0.2) is 0 Å². The normalized spacial score (nSPS) is 11.3. The summed E-state index contributed by atoms with van der Waals surface area (Å²) in [4.78, 5) is 22.3. The molecule has 0 spiro atoms. The smallest absolute Gasteiger partial charge is 0.273 e. The average molecular weight is 398 g/mol. The number of halogens is 1. The molecule has 2 aromatic carbocycles. The van der Waals surface area contributed by atoms with Gasteiger partial charge in [0.25, 0.3) is 5.91 Å². The molecule has 0 aromatic heterocycles. The van der Waals surface area contributed by atoms with E-state index in [1.807, 2.05) is 24.3 Å².